The van der Waals surface area contributed by atoms with E-state index in [0.717, 1.165) is 0 Å². The van der Waals surface area contributed by atoms with Gasteiger partial charge in [0.05, 0.1) is 0 Å². The van der Waals surface area contributed by atoms with Crippen molar-refractivity contribution in [3.8, 4) is 11.5 Å². The Kier molecular flexibility index (Phi) is 5.57. The zero-order chi connectivity index (χ0) is 21.1. The number of aromatic nitrogens is 2. The second kappa shape index (κ2) is 8.09. The van der Waals surface area contributed by atoms with Gasteiger partial charge in [0.1, 0.15) is 11.6 Å². The molecule has 0 aliphatic carbocycles. The summed E-state index contributed by atoms with van der Waals surface area (Å²) < 4.78 is 10.6. The Labute approximate surface area is 165 Å². The molecular weight excluding hydrogens is 380 g/mol. The van der Waals surface area contributed by atoms with Crippen molar-refractivity contribution in [1.29, 1.82) is 0 Å². The Morgan fingerprint density at radius 1 is 1.24 bits per heavy atom. The lowest BCUT2D eigenvalue weighted by Crippen LogP contribution is -2.38. The van der Waals surface area contributed by atoms with Crippen LogP contribution in [-0.2, 0) is 4.79 Å². The van der Waals surface area contributed by atoms with Crippen molar-refractivity contribution in [3.05, 3.63) is 34.1 Å². The zero-order valence-electron chi connectivity index (χ0n) is 15.9. The Balaban J connectivity index is 1.95. The Morgan fingerprint density at radius 2 is 1.97 bits per heavy atom. The summed E-state index contributed by atoms with van der Waals surface area (Å²) in [5.74, 6) is -0.395. The number of ether oxygens (including phenoxy) is 2. The molecule has 11 nitrogen and oxygen atoms in total. The fraction of sp³-hybridized carbons (Fsp3) is 0.333. The first-order valence-electron chi connectivity index (χ1n) is 8.91. The van der Waals surface area contributed by atoms with E-state index in [1.54, 1.807) is 18.2 Å². The molecule has 0 spiro atoms. The maximum Gasteiger partial charge on any atom is 0.267 e. The summed E-state index contributed by atoms with van der Waals surface area (Å²) in [5.41, 5.74) is 10.2. The molecule has 154 valence electrons. The summed E-state index contributed by atoms with van der Waals surface area (Å²) in [6, 6.07) is 4.22. The molecule has 1 aromatic heterocycles. The summed E-state index contributed by atoms with van der Waals surface area (Å²) in [6.07, 6.45) is 0.432. The van der Waals surface area contributed by atoms with E-state index in [4.69, 9.17) is 20.9 Å². The molecule has 1 aliphatic heterocycles. The third-order valence-electron chi connectivity index (χ3n) is 4.16. The number of carbonyl (C=O) groups is 2. The van der Waals surface area contributed by atoms with Gasteiger partial charge in [-0.2, -0.15) is 4.98 Å². The topological polar surface area (TPSA) is 174 Å². The van der Waals surface area contributed by atoms with Crippen molar-refractivity contribution in [1.82, 2.24) is 9.97 Å². The number of H-pyrrole nitrogens is 1. The van der Waals surface area contributed by atoms with E-state index in [1.165, 1.54) is 0 Å². The molecule has 2 heterocycles. The van der Waals surface area contributed by atoms with Gasteiger partial charge in [-0.1, -0.05) is 13.8 Å². The lowest BCUT2D eigenvalue weighted by molar-refractivity contribution is -0.119. The van der Waals surface area contributed by atoms with E-state index < -0.39 is 23.4 Å². The fourth-order valence-electron chi connectivity index (χ4n) is 2.85. The van der Waals surface area contributed by atoms with Gasteiger partial charge in [-0.05, 0) is 24.5 Å². The highest BCUT2D eigenvalue weighted by molar-refractivity contribution is 5.98. The van der Waals surface area contributed by atoms with Crippen LogP contribution in [-0.4, -0.2) is 34.6 Å². The van der Waals surface area contributed by atoms with Crippen LogP contribution in [0.5, 0.6) is 11.5 Å². The van der Waals surface area contributed by atoms with Crippen LogP contribution in [0.2, 0.25) is 0 Å². The van der Waals surface area contributed by atoms with Crippen molar-refractivity contribution in [2.75, 3.05) is 17.4 Å². The van der Waals surface area contributed by atoms with E-state index in [2.05, 4.69) is 20.6 Å². The van der Waals surface area contributed by atoms with Crippen molar-refractivity contribution >= 4 is 29.3 Å². The van der Waals surface area contributed by atoms with Crippen LogP contribution in [0.3, 0.4) is 0 Å². The van der Waals surface area contributed by atoms with E-state index in [9.17, 15) is 14.4 Å². The smallest absolute Gasteiger partial charge is 0.267 e. The summed E-state index contributed by atoms with van der Waals surface area (Å²) in [7, 11) is 0. The molecule has 1 aliphatic rings. The number of benzene rings is 1. The maximum atomic E-state index is 12.4. The standard InChI is InChI=1S/C18H22N6O5/c1-8(2)5-10(14(19)25)22-18-23-16(13(15(20)26)17(27)24-18)21-9-3-4-11-12(6-9)29-7-28-11/h3-4,6,8,10H,5,7H2,1-2H3,(H2,19,25)(H2,20,26)(H3,21,22,23,24,27). The highest BCUT2D eigenvalue weighted by Gasteiger charge is 2.22. The molecule has 1 aromatic carbocycles. The summed E-state index contributed by atoms with van der Waals surface area (Å²) in [6.45, 7) is 3.96. The van der Waals surface area contributed by atoms with Gasteiger partial charge >= 0.3 is 0 Å². The van der Waals surface area contributed by atoms with Crippen LogP contribution < -0.4 is 37.1 Å². The van der Waals surface area contributed by atoms with Gasteiger partial charge in [-0.3, -0.25) is 19.4 Å². The molecule has 0 radical (unpaired) electrons. The molecular formula is C18H22N6O5. The lowest BCUT2D eigenvalue weighted by Gasteiger charge is -2.18. The minimum absolute atomic E-state index is 0.0207. The maximum absolute atomic E-state index is 12.4. The van der Waals surface area contributed by atoms with Crippen molar-refractivity contribution < 1.29 is 19.1 Å². The van der Waals surface area contributed by atoms with Crippen molar-refractivity contribution in [3.63, 3.8) is 0 Å². The third kappa shape index (κ3) is 4.57. The molecule has 3 rings (SSSR count). The molecule has 2 aromatic rings. The van der Waals surface area contributed by atoms with Crippen molar-refractivity contribution in [2.45, 2.75) is 26.3 Å². The van der Waals surface area contributed by atoms with Gasteiger partial charge in [-0.25, -0.2) is 0 Å². The summed E-state index contributed by atoms with van der Waals surface area (Å²) in [5, 5.41) is 5.69. The van der Waals surface area contributed by atoms with Gasteiger partial charge in [0.25, 0.3) is 11.5 Å². The molecule has 11 heteroatoms. The second-order valence-electron chi connectivity index (χ2n) is 6.92. The Morgan fingerprint density at radius 3 is 2.62 bits per heavy atom. The van der Waals surface area contributed by atoms with Crippen LogP contribution in [0.4, 0.5) is 17.5 Å². The average Bonchev–Trinajstić information content (AvgIpc) is 3.07. The first-order chi connectivity index (χ1) is 13.7. The summed E-state index contributed by atoms with van der Waals surface area (Å²) >= 11 is 0. The van der Waals surface area contributed by atoms with Gasteiger partial charge in [0.2, 0.25) is 18.6 Å². The van der Waals surface area contributed by atoms with E-state index >= 15 is 0 Å². The van der Waals surface area contributed by atoms with Crippen LogP contribution in [0.1, 0.15) is 30.6 Å². The van der Waals surface area contributed by atoms with Crippen molar-refractivity contribution in [2.24, 2.45) is 17.4 Å². The number of hydrogen-bond donors (Lipinski definition) is 5. The number of amides is 2. The van der Waals surface area contributed by atoms with Crippen LogP contribution in [0.25, 0.3) is 0 Å². The lowest BCUT2D eigenvalue weighted by atomic mass is 10.0. The van der Waals surface area contributed by atoms with Gasteiger partial charge in [-0.15, -0.1) is 0 Å². The number of anilines is 3. The number of nitrogens with one attached hydrogen (secondary N) is 3. The normalized spacial score (nSPS) is 13.2. The van der Waals surface area contributed by atoms with Gasteiger partial charge in [0, 0.05) is 11.8 Å². The third-order valence-corrected chi connectivity index (χ3v) is 4.16. The minimum Gasteiger partial charge on any atom is -0.454 e. The molecule has 0 saturated carbocycles. The monoisotopic (exact) mass is 402 g/mol. The molecule has 29 heavy (non-hydrogen) atoms. The number of nitrogens with two attached hydrogens (primary N) is 2. The van der Waals surface area contributed by atoms with E-state index in [1.807, 2.05) is 13.8 Å². The first kappa shape index (κ1) is 20.0. The van der Waals surface area contributed by atoms with E-state index in [-0.39, 0.29) is 30.0 Å². The highest BCUT2D eigenvalue weighted by Crippen LogP contribution is 2.35. The van der Waals surface area contributed by atoms with E-state index in [0.29, 0.717) is 23.6 Å². The second-order valence-corrected chi connectivity index (χ2v) is 6.92. The van der Waals surface area contributed by atoms with Gasteiger partial charge < -0.3 is 31.6 Å². The first-order valence-corrected chi connectivity index (χ1v) is 8.91. The number of rotatable bonds is 8. The van der Waals surface area contributed by atoms with Crippen LogP contribution >= 0.6 is 0 Å². The number of nitrogens with zero attached hydrogens (tertiary/aromatic N) is 1. The fourth-order valence-corrected chi connectivity index (χ4v) is 2.85. The molecule has 7 N–H and O–H groups in total. The molecule has 0 bridgehead atoms. The highest BCUT2D eigenvalue weighted by atomic mass is 16.7. The molecule has 0 fully saturated rings. The SMILES string of the molecule is CC(C)CC(Nc1nc(Nc2ccc3c(c2)OCO3)c(C(N)=O)c(=O)[nH]1)C(N)=O. The molecule has 1 unspecified atom stereocenters. The quantitative estimate of drug-likeness (QED) is 0.428. The number of primary amides is 2. The zero-order valence-corrected chi connectivity index (χ0v) is 15.9. The molecule has 0 saturated heterocycles. The Bertz CT molecular complexity index is 1000. The van der Waals surface area contributed by atoms with Crippen LogP contribution in [0, 0.1) is 5.92 Å². The predicted octanol–water partition coefficient (Wildman–Crippen LogP) is 0.653. The largest absolute Gasteiger partial charge is 0.454 e. The number of aromatic amines is 1. The van der Waals surface area contributed by atoms with Crippen LogP contribution in [0.15, 0.2) is 23.0 Å². The molecule has 2 amide bonds. The average molecular weight is 402 g/mol. The number of hydrogen-bond acceptors (Lipinski definition) is 8. The minimum atomic E-state index is -0.956. The molecule has 1 atom stereocenters. The summed E-state index contributed by atoms with van der Waals surface area (Å²) in [4.78, 5) is 42.5. The number of fused-ring (bicyclic) bond motifs is 1. The predicted molar refractivity (Wildman–Crippen MR) is 105 cm³/mol. The van der Waals surface area contributed by atoms with Gasteiger partial charge in [0.15, 0.2) is 17.3 Å². The Hall–Kier alpha value is -3.76. The number of carbonyl (C=O) groups excluding carboxylic acids is 2.